The molecule has 0 aromatic heterocycles. The summed E-state index contributed by atoms with van der Waals surface area (Å²) >= 11 is 0. The Hall–Kier alpha value is -1.14. The normalized spacial score (nSPS) is 19.1. The van der Waals surface area contributed by atoms with Crippen LogP contribution in [0.15, 0.2) is 0 Å². The lowest BCUT2D eigenvalue weighted by molar-refractivity contribution is -0.141. The van der Waals surface area contributed by atoms with Gasteiger partial charge in [0.25, 0.3) is 0 Å². The van der Waals surface area contributed by atoms with Crippen LogP contribution in [0.25, 0.3) is 0 Å². The van der Waals surface area contributed by atoms with Gasteiger partial charge < -0.3 is 15.2 Å². The van der Waals surface area contributed by atoms with Gasteiger partial charge in [-0.25, -0.2) is 0 Å². The van der Waals surface area contributed by atoms with Crippen LogP contribution in [0.2, 0.25) is 0 Å². The molecule has 6 heteroatoms. The molecule has 0 aromatic rings. The number of aliphatic carboxylic acids is 1. The third-order valence-corrected chi connectivity index (χ3v) is 2.51. The molecule has 2 N–H and O–H groups in total. The number of carbonyl (C=O) groups excluding carboxylic acids is 1. The maximum Gasteiger partial charge on any atom is 0.325 e. The number of rotatable bonds is 5. The molecule has 0 saturated carbocycles. The van der Waals surface area contributed by atoms with Crippen LogP contribution in [0.1, 0.15) is 13.3 Å². The predicted molar refractivity (Wildman–Crippen MR) is 57.1 cm³/mol. The second-order valence-electron chi connectivity index (χ2n) is 3.83. The molecule has 0 spiro atoms. The summed E-state index contributed by atoms with van der Waals surface area (Å²) in [4.78, 5) is 24.0. The van der Waals surface area contributed by atoms with Crippen LogP contribution in [0, 0.1) is 0 Å². The van der Waals surface area contributed by atoms with Gasteiger partial charge in [-0.05, 0) is 6.92 Å². The number of carboxylic acids is 1. The number of nitrogens with one attached hydrogen (secondary N) is 1. The molecule has 1 rings (SSSR count). The van der Waals surface area contributed by atoms with Gasteiger partial charge in [0.1, 0.15) is 6.04 Å². The molecule has 6 nitrogen and oxygen atoms in total. The molecule has 1 amide bonds. The summed E-state index contributed by atoms with van der Waals surface area (Å²) in [6.45, 7) is 5.18. The topological polar surface area (TPSA) is 78.9 Å². The Kier molecular flexibility index (Phi) is 5.21. The zero-order chi connectivity index (χ0) is 12.0. The lowest BCUT2D eigenvalue weighted by atomic mass is 10.3. The van der Waals surface area contributed by atoms with E-state index in [0.717, 1.165) is 13.1 Å². The van der Waals surface area contributed by atoms with E-state index in [0.29, 0.717) is 26.2 Å². The summed E-state index contributed by atoms with van der Waals surface area (Å²) in [7, 11) is 0. The molecule has 1 unspecified atom stereocenters. The maximum absolute atomic E-state index is 11.4. The Morgan fingerprint density at radius 2 is 2.06 bits per heavy atom. The van der Waals surface area contributed by atoms with Crippen LogP contribution in [0.4, 0.5) is 0 Å². The van der Waals surface area contributed by atoms with Crippen molar-refractivity contribution in [1.82, 2.24) is 10.2 Å². The molecule has 1 aliphatic rings. The minimum absolute atomic E-state index is 0.221. The average molecular weight is 230 g/mol. The second-order valence-corrected chi connectivity index (χ2v) is 3.83. The van der Waals surface area contributed by atoms with E-state index in [-0.39, 0.29) is 5.91 Å². The highest BCUT2D eigenvalue weighted by atomic mass is 16.5. The molecule has 92 valence electrons. The van der Waals surface area contributed by atoms with E-state index in [4.69, 9.17) is 9.84 Å². The van der Waals surface area contributed by atoms with E-state index in [1.807, 2.05) is 0 Å². The SMILES string of the molecule is CC(NC(=O)CCN1CCOCC1)C(=O)O. The number of amides is 1. The molecule has 16 heavy (non-hydrogen) atoms. The largest absolute Gasteiger partial charge is 0.480 e. The van der Waals surface area contributed by atoms with E-state index in [2.05, 4.69) is 10.2 Å². The molecule has 0 bridgehead atoms. The van der Waals surface area contributed by atoms with Crippen molar-refractivity contribution in [1.29, 1.82) is 0 Å². The van der Waals surface area contributed by atoms with Crippen molar-refractivity contribution in [3.05, 3.63) is 0 Å². The Bertz CT molecular complexity index is 251. The van der Waals surface area contributed by atoms with E-state index >= 15 is 0 Å². The van der Waals surface area contributed by atoms with Crippen LogP contribution in [0.3, 0.4) is 0 Å². The minimum Gasteiger partial charge on any atom is -0.480 e. The molecule has 1 heterocycles. The molecule has 1 atom stereocenters. The van der Waals surface area contributed by atoms with Gasteiger partial charge in [0.05, 0.1) is 13.2 Å². The molecule has 0 aromatic carbocycles. The number of hydrogen-bond donors (Lipinski definition) is 2. The summed E-state index contributed by atoms with van der Waals surface area (Å²) in [6.07, 6.45) is 0.331. The van der Waals surface area contributed by atoms with Gasteiger partial charge in [-0.2, -0.15) is 0 Å². The first-order chi connectivity index (χ1) is 7.59. The molecule has 1 aliphatic heterocycles. The number of carboxylic acid groups (broad SMARTS) is 1. The van der Waals surface area contributed by atoms with Gasteiger partial charge in [0.15, 0.2) is 0 Å². The smallest absolute Gasteiger partial charge is 0.325 e. The summed E-state index contributed by atoms with van der Waals surface area (Å²) in [5, 5.41) is 11.0. The molecular weight excluding hydrogens is 212 g/mol. The van der Waals surface area contributed by atoms with E-state index in [1.165, 1.54) is 6.92 Å². The van der Waals surface area contributed by atoms with Crippen LogP contribution in [0.5, 0.6) is 0 Å². The molecule has 0 radical (unpaired) electrons. The number of hydrogen-bond acceptors (Lipinski definition) is 4. The number of carbonyl (C=O) groups is 2. The maximum atomic E-state index is 11.4. The van der Waals surface area contributed by atoms with E-state index in [9.17, 15) is 9.59 Å². The first-order valence-electron chi connectivity index (χ1n) is 5.42. The van der Waals surface area contributed by atoms with Crippen LogP contribution in [-0.2, 0) is 14.3 Å². The van der Waals surface area contributed by atoms with E-state index in [1.54, 1.807) is 0 Å². The van der Waals surface area contributed by atoms with Gasteiger partial charge >= 0.3 is 5.97 Å². The number of nitrogens with zero attached hydrogens (tertiary/aromatic N) is 1. The van der Waals surface area contributed by atoms with Crippen molar-refractivity contribution in [2.75, 3.05) is 32.8 Å². The standard InChI is InChI=1S/C10H18N2O4/c1-8(10(14)15)11-9(13)2-3-12-4-6-16-7-5-12/h8H,2-7H2,1H3,(H,11,13)(H,14,15). The van der Waals surface area contributed by atoms with Gasteiger partial charge in [-0.15, -0.1) is 0 Å². The third-order valence-electron chi connectivity index (χ3n) is 2.51. The molecule has 0 aliphatic carbocycles. The fourth-order valence-corrected chi connectivity index (χ4v) is 1.46. The quantitative estimate of drug-likeness (QED) is 0.653. The Labute approximate surface area is 94.6 Å². The summed E-state index contributed by atoms with van der Waals surface area (Å²) in [5.74, 6) is -1.24. The first kappa shape index (κ1) is 12.9. The van der Waals surface area contributed by atoms with Gasteiger partial charge in [0, 0.05) is 26.1 Å². The van der Waals surface area contributed by atoms with Crippen molar-refractivity contribution in [2.45, 2.75) is 19.4 Å². The number of morpholine rings is 1. The van der Waals surface area contributed by atoms with Crippen molar-refractivity contribution >= 4 is 11.9 Å². The van der Waals surface area contributed by atoms with Crippen molar-refractivity contribution in [3.63, 3.8) is 0 Å². The lowest BCUT2D eigenvalue weighted by Gasteiger charge is -2.26. The summed E-state index contributed by atoms with van der Waals surface area (Å²) in [6, 6.07) is -0.822. The number of ether oxygens (including phenoxy) is 1. The predicted octanol–water partition coefficient (Wildman–Crippen LogP) is -0.702. The van der Waals surface area contributed by atoms with Crippen molar-refractivity contribution < 1.29 is 19.4 Å². The molecular formula is C10H18N2O4. The molecule has 1 fully saturated rings. The van der Waals surface area contributed by atoms with Crippen molar-refractivity contribution in [3.8, 4) is 0 Å². The summed E-state index contributed by atoms with van der Waals surface area (Å²) in [5.41, 5.74) is 0. The zero-order valence-electron chi connectivity index (χ0n) is 9.44. The van der Waals surface area contributed by atoms with Crippen LogP contribution >= 0.6 is 0 Å². The lowest BCUT2D eigenvalue weighted by Crippen LogP contribution is -2.42. The highest BCUT2D eigenvalue weighted by Gasteiger charge is 2.15. The van der Waals surface area contributed by atoms with Crippen LogP contribution < -0.4 is 5.32 Å². The third kappa shape index (κ3) is 4.59. The van der Waals surface area contributed by atoms with Crippen LogP contribution in [-0.4, -0.2) is 60.8 Å². The highest BCUT2D eigenvalue weighted by Crippen LogP contribution is 1.98. The Morgan fingerprint density at radius 1 is 1.44 bits per heavy atom. The zero-order valence-corrected chi connectivity index (χ0v) is 9.44. The second kappa shape index (κ2) is 6.44. The highest BCUT2D eigenvalue weighted by molar-refractivity contribution is 5.83. The monoisotopic (exact) mass is 230 g/mol. The Morgan fingerprint density at radius 3 is 2.62 bits per heavy atom. The average Bonchev–Trinajstić information content (AvgIpc) is 2.27. The minimum atomic E-state index is -1.01. The van der Waals surface area contributed by atoms with Crippen molar-refractivity contribution in [2.24, 2.45) is 0 Å². The fourth-order valence-electron chi connectivity index (χ4n) is 1.46. The fraction of sp³-hybridized carbons (Fsp3) is 0.800. The van der Waals surface area contributed by atoms with E-state index < -0.39 is 12.0 Å². The first-order valence-corrected chi connectivity index (χ1v) is 5.42. The molecule has 1 saturated heterocycles. The summed E-state index contributed by atoms with van der Waals surface area (Å²) < 4.78 is 5.18. The Balaban J connectivity index is 2.16. The van der Waals surface area contributed by atoms with Gasteiger partial charge in [-0.1, -0.05) is 0 Å². The van der Waals surface area contributed by atoms with Gasteiger partial charge in [0.2, 0.25) is 5.91 Å². The van der Waals surface area contributed by atoms with Gasteiger partial charge in [-0.3, -0.25) is 14.5 Å².